The van der Waals surface area contributed by atoms with E-state index in [1.54, 1.807) is 30.2 Å². The van der Waals surface area contributed by atoms with Crippen LogP contribution in [0.5, 0.6) is 0 Å². The Kier molecular flexibility index (Phi) is 4.11. The van der Waals surface area contributed by atoms with E-state index in [1.807, 2.05) is 31.2 Å². The number of hydrogen-bond donors (Lipinski definition) is 0. The van der Waals surface area contributed by atoms with Crippen molar-refractivity contribution in [2.45, 2.75) is 37.5 Å². The van der Waals surface area contributed by atoms with Gasteiger partial charge in [0.2, 0.25) is 5.82 Å². The molecule has 0 unspecified atom stereocenters. The fourth-order valence-electron chi connectivity index (χ4n) is 2.85. The maximum atomic E-state index is 12.6. The molecule has 0 saturated heterocycles. The zero-order chi connectivity index (χ0) is 18.3. The van der Waals surface area contributed by atoms with Crippen molar-refractivity contribution in [3.05, 3.63) is 54.0 Å². The second-order valence-corrected chi connectivity index (χ2v) is 8.89. The molecule has 0 amide bonds. The number of sulfone groups is 1. The highest BCUT2D eigenvalue weighted by Crippen LogP contribution is 2.41. The minimum Gasteiger partial charge on any atom is -0.251 e. The van der Waals surface area contributed by atoms with Crippen LogP contribution in [0.3, 0.4) is 0 Å². The molecule has 0 spiro atoms. The third-order valence-electron chi connectivity index (χ3n) is 4.64. The van der Waals surface area contributed by atoms with Gasteiger partial charge in [-0.3, -0.25) is 4.98 Å². The Hall–Kier alpha value is -2.54. The summed E-state index contributed by atoms with van der Waals surface area (Å²) in [5.41, 5.74) is 3.33. The molecule has 0 radical (unpaired) electrons. The summed E-state index contributed by atoms with van der Waals surface area (Å²) < 4.78 is 26.8. The Morgan fingerprint density at radius 2 is 1.88 bits per heavy atom. The number of aryl methyl sites for hydroxylation is 1. The average molecular weight is 368 g/mol. The predicted octanol–water partition coefficient (Wildman–Crippen LogP) is 3.31. The second kappa shape index (κ2) is 6.32. The first-order valence-corrected chi connectivity index (χ1v) is 10.3. The summed E-state index contributed by atoms with van der Waals surface area (Å²) in [5, 5.41) is 4.46. The SMILES string of the molecule is CCS(=O)(=O)c1cc(C2CC2)cnc1-c1ncn(-c2ccc(C)cc2)n1. The highest BCUT2D eigenvalue weighted by atomic mass is 32.2. The van der Waals surface area contributed by atoms with Gasteiger partial charge in [0, 0.05) is 6.20 Å². The van der Waals surface area contributed by atoms with Gasteiger partial charge >= 0.3 is 0 Å². The standard InChI is InChI=1S/C19H20N4O2S/c1-3-26(24,25)17-10-15(14-6-7-14)11-20-18(17)19-21-12-23(22-19)16-8-4-13(2)5-9-16/h4-5,8-12,14H,3,6-7H2,1-2H3. The van der Waals surface area contributed by atoms with E-state index in [0.717, 1.165) is 29.7 Å². The lowest BCUT2D eigenvalue weighted by Crippen LogP contribution is -2.08. The first-order chi connectivity index (χ1) is 12.5. The Bertz CT molecular complexity index is 1050. The molecule has 4 rings (SSSR count). The Morgan fingerprint density at radius 3 is 2.54 bits per heavy atom. The van der Waals surface area contributed by atoms with Crippen molar-refractivity contribution in [2.75, 3.05) is 5.75 Å². The molecule has 6 nitrogen and oxygen atoms in total. The molecule has 0 bridgehead atoms. The van der Waals surface area contributed by atoms with E-state index in [-0.39, 0.29) is 10.6 Å². The zero-order valence-electron chi connectivity index (χ0n) is 14.8. The number of aromatic nitrogens is 4. The molecule has 0 atom stereocenters. The lowest BCUT2D eigenvalue weighted by atomic mass is 10.2. The van der Waals surface area contributed by atoms with E-state index in [4.69, 9.17) is 0 Å². The van der Waals surface area contributed by atoms with Crippen LogP contribution in [0.1, 0.15) is 36.8 Å². The summed E-state index contributed by atoms with van der Waals surface area (Å²) in [4.78, 5) is 8.96. The summed E-state index contributed by atoms with van der Waals surface area (Å²) in [6.45, 7) is 3.66. The molecule has 1 saturated carbocycles. The summed E-state index contributed by atoms with van der Waals surface area (Å²) in [7, 11) is -3.42. The van der Waals surface area contributed by atoms with Crippen LogP contribution in [0.15, 0.2) is 47.8 Å². The average Bonchev–Trinajstić information content (AvgIpc) is 3.39. The van der Waals surface area contributed by atoms with Gasteiger partial charge in [-0.15, -0.1) is 5.10 Å². The summed E-state index contributed by atoms with van der Waals surface area (Å²) in [5.74, 6) is 0.773. The highest BCUT2D eigenvalue weighted by molar-refractivity contribution is 7.91. The van der Waals surface area contributed by atoms with Gasteiger partial charge in [-0.1, -0.05) is 24.6 Å². The van der Waals surface area contributed by atoms with Crippen molar-refractivity contribution in [1.29, 1.82) is 0 Å². The number of rotatable bonds is 5. The minimum atomic E-state index is -3.42. The molecule has 3 aromatic rings. The van der Waals surface area contributed by atoms with Crippen molar-refractivity contribution < 1.29 is 8.42 Å². The van der Waals surface area contributed by atoms with Gasteiger partial charge in [0.15, 0.2) is 9.84 Å². The smallest absolute Gasteiger partial charge is 0.201 e. The largest absolute Gasteiger partial charge is 0.251 e. The van der Waals surface area contributed by atoms with Gasteiger partial charge in [-0.05, 0) is 49.4 Å². The van der Waals surface area contributed by atoms with E-state index in [0.29, 0.717) is 17.4 Å². The quantitative estimate of drug-likeness (QED) is 0.690. The number of hydrogen-bond acceptors (Lipinski definition) is 5. The molecule has 1 fully saturated rings. The zero-order valence-corrected chi connectivity index (χ0v) is 15.6. The van der Waals surface area contributed by atoms with Crippen LogP contribution in [0.2, 0.25) is 0 Å². The van der Waals surface area contributed by atoms with Gasteiger partial charge < -0.3 is 0 Å². The van der Waals surface area contributed by atoms with E-state index in [9.17, 15) is 8.42 Å². The fraction of sp³-hybridized carbons (Fsp3) is 0.316. The maximum absolute atomic E-state index is 12.6. The van der Waals surface area contributed by atoms with E-state index >= 15 is 0 Å². The minimum absolute atomic E-state index is 0.0223. The predicted molar refractivity (Wildman–Crippen MR) is 99.0 cm³/mol. The Labute approximate surface area is 152 Å². The lowest BCUT2D eigenvalue weighted by molar-refractivity contribution is 0.597. The molecule has 26 heavy (non-hydrogen) atoms. The van der Waals surface area contributed by atoms with Crippen LogP contribution in [0.25, 0.3) is 17.2 Å². The number of benzene rings is 1. The van der Waals surface area contributed by atoms with Gasteiger partial charge in [-0.25, -0.2) is 18.1 Å². The molecule has 1 aromatic carbocycles. The first-order valence-electron chi connectivity index (χ1n) is 8.69. The normalized spacial score (nSPS) is 14.5. The van der Waals surface area contributed by atoms with E-state index in [2.05, 4.69) is 15.1 Å². The number of pyridine rings is 1. The van der Waals surface area contributed by atoms with Crippen molar-refractivity contribution in [1.82, 2.24) is 19.7 Å². The summed E-state index contributed by atoms with van der Waals surface area (Å²) in [6.07, 6.45) is 5.52. The Balaban J connectivity index is 1.79. The van der Waals surface area contributed by atoms with Crippen molar-refractivity contribution in [3.8, 4) is 17.2 Å². The van der Waals surface area contributed by atoms with Crippen molar-refractivity contribution >= 4 is 9.84 Å². The van der Waals surface area contributed by atoms with Crippen LogP contribution in [0, 0.1) is 6.92 Å². The monoisotopic (exact) mass is 368 g/mol. The first kappa shape index (κ1) is 16.9. The maximum Gasteiger partial charge on any atom is 0.201 e. The third-order valence-corrected chi connectivity index (χ3v) is 6.38. The highest BCUT2D eigenvalue weighted by Gasteiger charge is 2.28. The van der Waals surface area contributed by atoms with E-state index < -0.39 is 9.84 Å². The molecule has 0 aliphatic heterocycles. The number of nitrogens with zero attached hydrogens (tertiary/aromatic N) is 4. The molecule has 2 heterocycles. The molecule has 1 aliphatic carbocycles. The van der Waals surface area contributed by atoms with E-state index in [1.165, 1.54) is 0 Å². The third kappa shape index (κ3) is 3.14. The van der Waals surface area contributed by atoms with Gasteiger partial charge in [0.25, 0.3) is 0 Å². The van der Waals surface area contributed by atoms with Crippen LogP contribution in [-0.4, -0.2) is 33.9 Å². The topological polar surface area (TPSA) is 77.7 Å². The Morgan fingerprint density at radius 1 is 1.15 bits per heavy atom. The van der Waals surface area contributed by atoms with Crippen LogP contribution < -0.4 is 0 Å². The molecule has 2 aromatic heterocycles. The van der Waals surface area contributed by atoms with Crippen molar-refractivity contribution in [2.24, 2.45) is 0 Å². The van der Waals surface area contributed by atoms with Gasteiger partial charge in [-0.2, -0.15) is 0 Å². The fourth-order valence-corrected chi connectivity index (χ4v) is 3.92. The van der Waals surface area contributed by atoms with Gasteiger partial charge in [0.1, 0.15) is 12.0 Å². The molecule has 0 N–H and O–H groups in total. The molecule has 7 heteroatoms. The van der Waals surface area contributed by atoms with Gasteiger partial charge in [0.05, 0.1) is 16.3 Å². The van der Waals surface area contributed by atoms with Crippen LogP contribution in [0.4, 0.5) is 0 Å². The van der Waals surface area contributed by atoms with Crippen molar-refractivity contribution in [3.63, 3.8) is 0 Å². The molecular formula is C19H20N4O2S. The summed E-state index contributed by atoms with van der Waals surface area (Å²) in [6, 6.07) is 9.63. The lowest BCUT2D eigenvalue weighted by Gasteiger charge is -2.08. The van der Waals surface area contributed by atoms with Crippen LogP contribution in [-0.2, 0) is 9.84 Å². The van der Waals surface area contributed by atoms with Crippen LogP contribution >= 0.6 is 0 Å². The molecule has 1 aliphatic rings. The second-order valence-electron chi connectivity index (χ2n) is 6.64. The molecule has 134 valence electrons. The molecular weight excluding hydrogens is 348 g/mol. The summed E-state index contributed by atoms with van der Waals surface area (Å²) >= 11 is 0.